The number of primary sulfonamides is 1. The van der Waals surface area contributed by atoms with Gasteiger partial charge in [-0.25, -0.2) is 18.5 Å². The first-order valence-electron chi connectivity index (χ1n) is 8.08. The summed E-state index contributed by atoms with van der Waals surface area (Å²) in [5.41, 5.74) is 0.403. The lowest BCUT2D eigenvalue weighted by molar-refractivity contribution is -0.117. The van der Waals surface area contributed by atoms with Gasteiger partial charge in [-0.3, -0.25) is 14.7 Å². The van der Waals surface area contributed by atoms with Crippen LogP contribution in [0.2, 0.25) is 0 Å². The smallest absolute Gasteiger partial charge is 0.238 e. The number of sulfonamides is 1. The minimum atomic E-state index is -3.80. The number of benzene rings is 1. The molecule has 0 unspecified atom stereocenters. The van der Waals surface area contributed by atoms with Gasteiger partial charge in [0.25, 0.3) is 0 Å². The molecule has 2 heterocycles. The van der Waals surface area contributed by atoms with Crippen LogP contribution in [0.4, 0.5) is 11.5 Å². The second-order valence-corrected chi connectivity index (χ2v) is 7.51. The highest BCUT2D eigenvalue weighted by Gasteiger charge is 2.20. The molecule has 0 radical (unpaired) electrons. The zero-order chi connectivity index (χ0) is 18.6. The van der Waals surface area contributed by atoms with E-state index in [-0.39, 0.29) is 17.3 Å². The number of carbonyl (C=O) groups excluding carboxylic acids is 1. The first kappa shape index (κ1) is 18.2. The number of nitrogens with two attached hydrogens (primary N) is 1. The predicted octanol–water partition coefficient (Wildman–Crippen LogP) is -0.115. The molecule has 0 bridgehead atoms. The van der Waals surface area contributed by atoms with E-state index in [0.29, 0.717) is 5.69 Å². The fourth-order valence-electron chi connectivity index (χ4n) is 2.74. The van der Waals surface area contributed by atoms with Crippen LogP contribution in [-0.2, 0) is 14.8 Å². The Balaban J connectivity index is 1.52. The fraction of sp³-hybridized carbons (Fsp3) is 0.312. The molecule has 0 spiro atoms. The van der Waals surface area contributed by atoms with Gasteiger partial charge >= 0.3 is 0 Å². The third kappa shape index (κ3) is 4.75. The van der Waals surface area contributed by atoms with Crippen molar-refractivity contribution >= 4 is 27.4 Å². The molecule has 9 nitrogen and oxygen atoms in total. The van der Waals surface area contributed by atoms with Crippen molar-refractivity contribution in [1.82, 2.24) is 14.9 Å². The number of nitrogens with one attached hydrogen (secondary N) is 1. The Labute approximate surface area is 151 Å². The summed E-state index contributed by atoms with van der Waals surface area (Å²) in [4.78, 5) is 24.7. The summed E-state index contributed by atoms with van der Waals surface area (Å²) in [7, 11) is -3.80. The van der Waals surface area contributed by atoms with Crippen LogP contribution in [0, 0.1) is 0 Å². The number of anilines is 2. The zero-order valence-corrected chi connectivity index (χ0v) is 14.9. The van der Waals surface area contributed by atoms with Crippen molar-refractivity contribution < 1.29 is 13.2 Å². The van der Waals surface area contributed by atoms with E-state index in [1.165, 1.54) is 18.2 Å². The Morgan fingerprint density at radius 2 is 1.96 bits per heavy atom. The Kier molecular flexibility index (Phi) is 5.45. The van der Waals surface area contributed by atoms with Crippen LogP contribution in [0.5, 0.6) is 0 Å². The van der Waals surface area contributed by atoms with Gasteiger partial charge in [-0.1, -0.05) is 6.07 Å². The van der Waals surface area contributed by atoms with E-state index >= 15 is 0 Å². The van der Waals surface area contributed by atoms with Crippen LogP contribution in [0.1, 0.15) is 0 Å². The number of nitrogens with zero attached hydrogens (tertiary/aromatic N) is 4. The zero-order valence-electron chi connectivity index (χ0n) is 14.1. The van der Waals surface area contributed by atoms with Gasteiger partial charge in [0.2, 0.25) is 15.9 Å². The molecule has 10 heteroatoms. The SMILES string of the molecule is NS(=O)(=O)c1cccc(NC(=O)CN2CCN(c3cnccn3)CC2)c1. The fourth-order valence-corrected chi connectivity index (χ4v) is 3.30. The molecule has 0 aliphatic carbocycles. The highest BCUT2D eigenvalue weighted by atomic mass is 32.2. The lowest BCUT2D eigenvalue weighted by atomic mass is 10.3. The standard InChI is InChI=1S/C16H20N6O3S/c17-26(24,25)14-3-1-2-13(10-14)20-16(23)12-21-6-8-22(9-7-21)15-11-18-4-5-19-15/h1-5,10-11H,6-9,12H2,(H,20,23)(H2,17,24,25). The molecule has 1 aliphatic heterocycles. The maximum atomic E-state index is 12.2. The van der Waals surface area contributed by atoms with E-state index in [0.717, 1.165) is 32.0 Å². The number of hydrogen-bond acceptors (Lipinski definition) is 7. The van der Waals surface area contributed by atoms with Gasteiger partial charge in [0.1, 0.15) is 5.82 Å². The molecule has 26 heavy (non-hydrogen) atoms. The third-order valence-electron chi connectivity index (χ3n) is 4.06. The Bertz CT molecular complexity index is 867. The predicted molar refractivity (Wildman–Crippen MR) is 97.1 cm³/mol. The Hall–Kier alpha value is -2.56. The minimum Gasteiger partial charge on any atom is -0.353 e. The normalized spacial score (nSPS) is 15.7. The second kappa shape index (κ2) is 7.77. The molecule has 138 valence electrons. The van der Waals surface area contributed by atoms with Crippen molar-refractivity contribution in [3.63, 3.8) is 0 Å². The molecule has 1 fully saturated rings. The summed E-state index contributed by atoms with van der Waals surface area (Å²) in [6.07, 6.45) is 5.01. The Morgan fingerprint density at radius 3 is 2.62 bits per heavy atom. The summed E-state index contributed by atoms with van der Waals surface area (Å²) in [5.74, 6) is 0.626. The van der Waals surface area contributed by atoms with Gasteiger partial charge in [0.05, 0.1) is 17.6 Å². The number of aromatic nitrogens is 2. The third-order valence-corrected chi connectivity index (χ3v) is 4.97. The highest BCUT2D eigenvalue weighted by molar-refractivity contribution is 7.89. The van der Waals surface area contributed by atoms with Crippen LogP contribution in [0.3, 0.4) is 0 Å². The monoisotopic (exact) mass is 376 g/mol. The van der Waals surface area contributed by atoms with Crippen molar-refractivity contribution in [1.29, 1.82) is 0 Å². The molecular formula is C16H20N6O3S. The van der Waals surface area contributed by atoms with Crippen LogP contribution >= 0.6 is 0 Å². The van der Waals surface area contributed by atoms with Crippen LogP contribution < -0.4 is 15.4 Å². The Morgan fingerprint density at radius 1 is 1.19 bits per heavy atom. The quantitative estimate of drug-likeness (QED) is 0.746. The lowest BCUT2D eigenvalue weighted by Crippen LogP contribution is -2.49. The molecule has 3 N–H and O–H groups in total. The summed E-state index contributed by atoms with van der Waals surface area (Å²) < 4.78 is 22.8. The van der Waals surface area contributed by atoms with Gasteiger partial charge in [-0.15, -0.1) is 0 Å². The molecule has 1 aliphatic rings. The first-order valence-corrected chi connectivity index (χ1v) is 9.62. The number of amides is 1. The van der Waals surface area contributed by atoms with E-state index in [9.17, 15) is 13.2 Å². The van der Waals surface area contributed by atoms with E-state index < -0.39 is 10.0 Å². The second-order valence-electron chi connectivity index (χ2n) is 5.95. The van der Waals surface area contributed by atoms with E-state index in [1.807, 2.05) is 4.90 Å². The summed E-state index contributed by atoms with van der Waals surface area (Å²) in [5, 5.41) is 7.81. The number of carbonyl (C=O) groups is 1. The van der Waals surface area contributed by atoms with Crippen molar-refractivity contribution in [2.24, 2.45) is 5.14 Å². The maximum Gasteiger partial charge on any atom is 0.238 e. The van der Waals surface area contributed by atoms with Gasteiger partial charge in [-0.2, -0.15) is 0 Å². The van der Waals surface area contributed by atoms with Crippen molar-refractivity contribution in [3.8, 4) is 0 Å². The molecular weight excluding hydrogens is 356 g/mol. The lowest BCUT2D eigenvalue weighted by Gasteiger charge is -2.34. The van der Waals surface area contributed by atoms with Gasteiger partial charge in [-0.05, 0) is 18.2 Å². The van der Waals surface area contributed by atoms with E-state index in [2.05, 4.69) is 20.2 Å². The minimum absolute atomic E-state index is 0.0344. The van der Waals surface area contributed by atoms with Crippen molar-refractivity contribution in [2.75, 3.05) is 42.9 Å². The average Bonchev–Trinajstić information content (AvgIpc) is 2.62. The van der Waals surface area contributed by atoms with E-state index in [4.69, 9.17) is 5.14 Å². The summed E-state index contributed by atoms with van der Waals surface area (Å²) in [6, 6.07) is 5.89. The van der Waals surface area contributed by atoms with Gasteiger partial charge in [0.15, 0.2) is 0 Å². The summed E-state index contributed by atoms with van der Waals surface area (Å²) in [6.45, 7) is 3.19. The largest absolute Gasteiger partial charge is 0.353 e. The van der Waals surface area contributed by atoms with Crippen LogP contribution in [-0.4, -0.2) is 61.9 Å². The molecule has 1 aromatic carbocycles. The number of piperazine rings is 1. The van der Waals surface area contributed by atoms with Crippen LogP contribution in [0.15, 0.2) is 47.8 Å². The topological polar surface area (TPSA) is 122 Å². The molecule has 1 saturated heterocycles. The van der Waals surface area contributed by atoms with E-state index in [1.54, 1.807) is 24.7 Å². The molecule has 3 rings (SSSR count). The van der Waals surface area contributed by atoms with Crippen molar-refractivity contribution in [2.45, 2.75) is 4.90 Å². The van der Waals surface area contributed by atoms with Crippen molar-refractivity contribution in [3.05, 3.63) is 42.9 Å². The highest BCUT2D eigenvalue weighted by Crippen LogP contribution is 2.15. The number of hydrogen-bond donors (Lipinski definition) is 2. The van der Waals surface area contributed by atoms with Crippen LogP contribution in [0.25, 0.3) is 0 Å². The molecule has 1 aromatic heterocycles. The van der Waals surface area contributed by atoms with Gasteiger partial charge < -0.3 is 10.2 Å². The maximum absolute atomic E-state index is 12.2. The first-order chi connectivity index (χ1) is 12.4. The average molecular weight is 376 g/mol. The van der Waals surface area contributed by atoms with Gasteiger partial charge in [0, 0.05) is 44.3 Å². The molecule has 0 saturated carbocycles. The molecule has 1 amide bonds. The summed E-state index contributed by atoms with van der Waals surface area (Å²) >= 11 is 0. The number of rotatable bonds is 5. The molecule has 0 atom stereocenters. The molecule has 2 aromatic rings.